The van der Waals surface area contributed by atoms with Gasteiger partial charge in [-0.25, -0.2) is 4.39 Å². The fourth-order valence-corrected chi connectivity index (χ4v) is 6.85. The summed E-state index contributed by atoms with van der Waals surface area (Å²) in [5.41, 5.74) is 2.82. The number of hydrogen-bond donors (Lipinski definition) is 1. The van der Waals surface area contributed by atoms with Gasteiger partial charge in [0.15, 0.2) is 0 Å². The lowest BCUT2D eigenvalue weighted by Crippen LogP contribution is -2.44. The Labute approximate surface area is 271 Å². The maximum absolute atomic E-state index is 13.6. The third kappa shape index (κ3) is 9.15. The Morgan fingerprint density at radius 1 is 0.979 bits per heavy atom. The molecule has 9 nitrogen and oxygen atoms in total. The van der Waals surface area contributed by atoms with Crippen LogP contribution in [0.15, 0.2) is 36.4 Å². The van der Waals surface area contributed by atoms with Crippen LogP contribution in [0.25, 0.3) is 11.1 Å². The van der Waals surface area contributed by atoms with Gasteiger partial charge in [0.2, 0.25) is 5.91 Å². The number of hydrogen-bond acceptors (Lipinski definition) is 7. The summed E-state index contributed by atoms with van der Waals surface area (Å²) in [7, 11) is 0. The first kappa shape index (κ1) is 36.0. The average Bonchev–Trinajstić information content (AvgIpc) is 3.34. The lowest BCUT2D eigenvalue weighted by molar-refractivity contribution is -0.344. The van der Waals surface area contributed by atoms with Crippen molar-refractivity contribution in [3.63, 3.8) is 0 Å². The van der Waals surface area contributed by atoms with Crippen LogP contribution in [0.1, 0.15) is 64.4 Å². The Morgan fingerprint density at radius 2 is 1.51 bits per heavy atom. The molecule has 2 saturated heterocycles. The zero-order valence-corrected chi connectivity index (χ0v) is 26.6. The fourth-order valence-electron chi connectivity index (χ4n) is 6.85. The summed E-state index contributed by atoms with van der Waals surface area (Å²) in [5.74, 6) is -2.55. The first-order valence-electron chi connectivity index (χ1n) is 16.0. The smallest absolute Gasteiger partial charge is 0.430 e. The van der Waals surface area contributed by atoms with E-state index in [0.717, 1.165) is 80.1 Å². The maximum Gasteiger partial charge on any atom is 0.430 e. The second-order valence-corrected chi connectivity index (χ2v) is 12.4. The Bertz CT molecular complexity index is 1370. The highest BCUT2D eigenvalue weighted by molar-refractivity contribution is 5.80. The second kappa shape index (κ2) is 15.4. The van der Waals surface area contributed by atoms with E-state index < -0.39 is 18.1 Å². The Balaban J connectivity index is 0.000000644. The highest BCUT2D eigenvalue weighted by atomic mass is 19.4. The molecule has 5 rings (SSSR count). The zero-order valence-electron chi connectivity index (χ0n) is 26.6. The number of carbonyl (C=O) groups is 3. The van der Waals surface area contributed by atoms with Crippen LogP contribution < -0.4 is 14.6 Å². The van der Waals surface area contributed by atoms with Gasteiger partial charge in [0.1, 0.15) is 23.3 Å². The number of halogens is 4. The van der Waals surface area contributed by atoms with Crippen LogP contribution in [0, 0.1) is 17.2 Å². The van der Waals surface area contributed by atoms with E-state index in [4.69, 9.17) is 19.4 Å². The molecule has 1 amide bonds. The maximum atomic E-state index is 13.6. The molecule has 0 radical (unpaired) electrons. The third-order valence-corrected chi connectivity index (χ3v) is 9.25. The van der Waals surface area contributed by atoms with E-state index in [1.54, 1.807) is 12.1 Å². The number of piperidine rings is 1. The predicted octanol–water partition coefficient (Wildman–Crippen LogP) is 5.05. The summed E-state index contributed by atoms with van der Waals surface area (Å²) >= 11 is 0. The lowest BCUT2D eigenvalue weighted by Gasteiger charge is -2.40. The molecule has 0 atom stereocenters. The average molecular weight is 666 g/mol. The monoisotopic (exact) mass is 665 g/mol. The number of amides is 1. The van der Waals surface area contributed by atoms with Gasteiger partial charge in [0.05, 0.1) is 24.7 Å². The molecule has 2 aliphatic heterocycles. The third-order valence-electron chi connectivity index (χ3n) is 9.25. The molecule has 2 aromatic carbocycles. The number of carboxylic acid groups (broad SMARTS) is 2. The normalized spacial score (nSPS) is 21.2. The summed E-state index contributed by atoms with van der Waals surface area (Å²) < 4.78 is 57.2. The van der Waals surface area contributed by atoms with Crippen LogP contribution in [0.4, 0.5) is 17.6 Å². The van der Waals surface area contributed by atoms with E-state index in [1.165, 1.54) is 12.1 Å². The second-order valence-electron chi connectivity index (χ2n) is 12.4. The molecule has 47 heavy (non-hydrogen) atoms. The fraction of sp³-hybridized carbons (Fsp3) is 0.559. The first-order valence-corrected chi connectivity index (χ1v) is 16.0. The van der Waals surface area contributed by atoms with E-state index in [1.807, 2.05) is 13.8 Å². The summed E-state index contributed by atoms with van der Waals surface area (Å²) in [4.78, 5) is 37.7. The summed E-state index contributed by atoms with van der Waals surface area (Å²) in [6.45, 7) is 8.33. The van der Waals surface area contributed by atoms with Crippen molar-refractivity contribution in [3.8, 4) is 22.6 Å². The predicted molar refractivity (Wildman–Crippen MR) is 162 cm³/mol. The first-order chi connectivity index (χ1) is 22.2. The van der Waals surface area contributed by atoms with Crippen LogP contribution in [-0.4, -0.2) is 77.8 Å². The number of ether oxygens (including phenoxy) is 2. The van der Waals surface area contributed by atoms with Crippen LogP contribution >= 0.6 is 0 Å². The van der Waals surface area contributed by atoms with Gasteiger partial charge in [0, 0.05) is 25.6 Å². The molecule has 1 saturated carbocycles. The number of carboxylic acids is 2. The van der Waals surface area contributed by atoms with Crippen LogP contribution in [0.5, 0.6) is 11.5 Å². The zero-order chi connectivity index (χ0) is 34.4. The molecule has 1 aliphatic carbocycles. The van der Waals surface area contributed by atoms with Crippen LogP contribution in [-0.2, 0) is 20.9 Å². The number of benzene rings is 2. The number of alkyl halides is 3. The van der Waals surface area contributed by atoms with E-state index in [0.29, 0.717) is 32.5 Å². The van der Waals surface area contributed by atoms with E-state index in [2.05, 4.69) is 21.9 Å². The standard InChI is InChI=1S/C32H41FN2O5.C2HF3O2/c1-3-39-27-17-22(18-28(40-4-2)30(27)23-5-9-25(33)10-6-23)20-34-15-13-32(14-16-34)19-29(36)35(21-32)26-11-7-24(8-12-26)31(37)38;3-2(4,5)1(6)7/h5-6,9-10,17-18,24,26H,3-4,7-8,11-16,19-21H2,1-2H3,(H,37,38);(H,6,7)/p-1. The summed E-state index contributed by atoms with van der Waals surface area (Å²) in [5, 5.41) is 18.1. The van der Waals surface area contributed by atoms with Crippen molar-refractivity contribution in [3.05, 3.63) is 47.8 Å². The molecular weight excluding hydrogens is 624 g/mol. The molecule has 3 aliphatic rings. The van der Waals surface area contributed by atoms with Gasteiger partial charge < -0.3 is 29.4 Å². The number of carbonyl (C=O) groups excluding carboxylic acids is 2. The minimum absolute atomic E-state index is 0.0244. The SMILES string of the molecule is CCOc1cc(CN2CCC3(CC2)CC(=O)N(C2CCC(C(=O)O)CC2)C3)cc(OCC)c1-c1ccc(F)cc1.O=C([O-])C(F)(F)F. The van der Waals surface area contributed by atoms with Crippen molar-refractivity contribution in [1.82, 2.24) is 9.80 Å². The van der Waals surface area contributed by atoms with Gasteiger partial charge in [0.25, 0.3) is 0 Å². The minimum Gasteiger partial charge on any atom is -0.542 e. The van der Waals surface area contributed by atoms with Crippen molar-refractivity contribution >= 4 is 17.8 Å². The molecular formula is C34H41F4N2O7-. The van der Waals surface area contributed by atoms with Gasteiger partial charge >= 0.3 is 12.1 Å². The summed E-state index contributed by atoms with van der Waals surface area (Å²) in [6.07, 6.45) is 0.283. The lowest BCUT2D eigenvalue weighted by atomic mass is 9.77. The molecule has 0 aromatic heterocycles. The molecule has 13 heteroatoms. The molecule has 2 aromatic rings. The molecule has 2 heterocycles. The van der Waals surface area contributed by atoms with Gasteiger partial charge in [-0.3, -0.25) is 14.5 Å². The number of likely N-dealkylation sites (tertiary alicyclic amines) is 2. The molecule has 0 unspecified atom stereocenters. The molecule has 1 N–H and O–H groups in total. The molecule has 258 valence electrons. The quantitative estimate of drug-likeness (QED) is 0.370. The largest absolute Gasteiger partial charge is 0.542 e. The van der Waals surface area contributed by atoms with Crippen molar-refractivity contribution in [2.24, 2.45) is 11.3 Å². The number of rotatable bonds is 9. The van der Waals surface area contributed by atoms with Crippen molar-refractivity contribution in [2.45, 2.75) is 77.6 Å². The minimum atomic E-state index is -5.19. The van der Waals surface area contributed by atoms with Crippen molar-refractivity contribution in [1.29, 1.82) is 0 Å². The number of nitrogens with zero attached hydrogens (tertiary/aromatic N) is 2. The van der Waals surface area contributed by atoms with Gasteiger partial charge in [-0.1, -0.05) is 12.1 Å². The van der Waals surface area contributed by atoms with E-state index in [-0.39, 0.29) is 29.1 Å². The van der Waals surface area contributed by atoms with Crippen LogP contribution in [0.3, 0.4) is 0 Å². The Kier molecular flexibility index (Phi) is 11.8. The van der Waals surface area contributed by atoms with Gasteiger partial charge in [-0.05, 0) is 106 Å². The highest BCUT2D eigenvalue weighted by Gasteiger charge is 2.47. The van der Waals surface area contributed by atoms with Gasteiger partial charge in [-0.15, -0.1) is 0 Å². The highest BCUT2D eigenvalue weighted by Crippen LogP contribution is 2.45. The van der Waals surface area contributed by atoms with E-state index in [9.17, 15) is 32.3 Å². The van der Waals surface area contributed by atoms with Gasteiger partial charge in [-0.2, -0.15) is 13.2 Å². The molecule has 0 bridgehead atoms. The molecule has 1 spiro atoms. The topological polar surface area (TPSA) is 119 Å². The molecule has 3 fully saturated rings. The number of aliphatic carboxylic acids is 2. The van der Waals surface area contributed by atoms with Crippen molar-refractivity contribution < 1.29 is 51.6 Å². The van der Waals surface area contributed by atoms with E-state index >= 15 is 0 Å². The van der Waals surface area contributed by atoms with Crippen LogP contribution in [0.2, 0.25) is 0 Å². The summed E-state index contributed by atoms with van der Waals surface area (Å²) in [6, 6.07) is 10.7. The Morgan fingerprint density at radius 3 is 1.98 bits per heavy atom. The Hall–Kier alpha value is -3.87. The van der Waals surface area contributed by atoms with Crippen molar-refractivity contribution in [2.75, 3.05) is 32.8 Å².